The molecule has 3 heterocycles. The van der Waals surface area contributed by atoms with Gasteiger partial charge in [0.2, 0.25) is 5.91 Å². The van der Waals surface area contributed by atoms with Crippen LogP contribution in [0.25, 0.3) is 0 Å². The van der Waals surface area contributed by atoms with Crippen LogP contribution in [0.15, 0.2) is 12.2 Å². The molecule has 0 aromatic heterocycles. The molecular formula is C38H70N2O18. The average Bonchev–Trinajstić information content (AvgIpc) is 3.22. The van der Waals surface area contributed by atoms with Crippen molar-refractivity contribution in [3.8, 4) is 0 Å². The smallest absolute Gasteiger partial charge is 0.234 e. The summed E-state index contributed by atoms with van der Waals surface area (Å²) < 4.78 is 33.5. The molecule has 340 valence electrons. The van der Waals surface area contributed by atoms with Crippen LogP contribution in [0.4, 0.5) is 0 Å². The van der Waals surface area contributed by atoms with Crippen LogP contribution in [0.2, 0.25) is 0 Å². The molecule has 1 amide bonds. The van der Waals surface area contributed by atoms with E-state index in [0.29, 0.717) is 6.42 Å². The van der Waals surface area contributed by atoms with E-state index in [1.807, 2.05) is 6.08 Å². The number of nitrogens with one attached hydrogen (secondary N) is 1. The Morgan fingerprint density at radius 1 is 0.638 bits per heavy atom. The topological polar surface area (TPSA) is 333 Å². The molecule has 20 nitrogen and oxygen atoms in total. The van der Waals surface area contributed by atoms with E-state index in [1.54, 1.807) is 0 Å². The van der Waals surface area contributed by atoms with Crippen LogP contribution in [-0.4, -0.2) is 199 Å². The van der Waals surface area contributed by atoms with Crippen LogP contribution in [-0.2, 0) is 33.2 Å². The van der Waals surface area contributed by atoms with Crippen molar-refractivity contribution in [2.75, 3.05) is 33.0 Å². The second kappa shape index (κ2) is 26.7. The third-order valence-corrected chi connectivity index (χ3v) is 10.8. The fourth-order valence-corrected chi connectivity index (χ4v) is 7.17. The number of rotatable bonds is 26. The Kier molecular flexibility index (Phi) is 23.4. The van der Waals surface area contributed by atoms with Gasteiger partial charge in [-0.25, -0.2) is 0 Å². The maximum absolute atomic E-state index is 12.2. The van der Waals surface area contributed by atoms with Gasteiger partial charge in [-0.15, -0.1) is 0 Å². The largest absolute Gasteiger partial charge is 0.394 e. The summed E-state index contributed by atoms with van der Waals surface area (Å²) in [5.41, 5.74) is 5.47. The molecule has 17 atom stereocenters. The minimum absolute atomic E-state index is 0.375. The number of nitrogens with two attached hydrogens (primary N) is 1. The van der Waals surface area contributed by atoms with Crippen LogP contribution in [0.3, 0.4) is 0 Å². The maximum Gasteiger partial charge on any atom is 0.234 e. The Hall–Kier alpha value is -1.51. The van der Waals surface area contributed by atoms with E-state index in [2.05, 4.69) is 12.2 Å². The summed E-state index contributed by atoms with van der Waals surface area (Å²) in [5, 5.41) is 118. The minimum Gasteiger partial charge on any atom is -0.394 e. The number of amides is 1. The summed E-state index contributed by atoms with van der Waals surface area (Å²) in [6, 6.07) is -1.04. The summed E-state index contributed by atoms with van der Waals surface area (Å²) >= 11 is 0. The number of unbranched alkanes of at least 4 members (excludes halogenated alkanes) is 11. The number of hydrogen-bond acceptors (Lipinski definition) is 19. The molecule has 3 aliphatic heterocycles. The van der Waals surface area contributed by atoms with E-state index in [1.165, 1.54) is 57.4 Å². The first-order valence-electron chi connectivity index (χ1n) is 20.6. The first kappa shape index (κ1) is 50.8. The Morgan fingerprint density at radius 2 is 1.09 bits per heavy atom. The summed E-state index contributed by atoms with van der Waals surface area (Å²) in [4.78, 5) is 12.2. The van der Waals surface area contributed by atoms with Crippen LogP contribution < -0.4 is 11.1 Å². The van der Waals surface area contributed by atoms with E-state index in [0.717, 1.165) is 19.3 Å². The molecule has 0 saturated carbocycles. The van der Waals surface area contributed by atoms with Crippen molar-refractivity contribution in [1.29, 1.82) is 0 Å². The van der Waals surface area contributed by atoms with Gasteiger partial charge in [0.05, 0.1) is 45.1 Å². The lowest BCUT2D eigenvalue weighted by molar-refractivity contribution is -0.379. The standard InChI is InChI=1S/C38H70N2O18/c1-2-3-4-5-6-7-8-9-10-11-12-13-14-15-22(44)21(40-26(45)16-39)20-53-36-32(51)29(48)34(24(18-42)55-36)58-38-33(52)30(49)35(25(19-43)56-38)57-37-31(50)28(47)27(46)23(17-41)54-37/h14-15,21-25,27-38,41-44,46-52H,2-13,16-20,39H2,1H3,(H,40,45)/b15-14+/t21-,22+,23+,24+,25+,27-,28-,29+,30+,31+,32+,33+,34+,35-,36+,37+,38-/m0/s1. The quantitative estimate of drug-likeness (QED) is 0.0297. The summed E-state index contributed by atoms with van der Waals surface area (Å²) in [7, 11) is 0. The number of carbonyl (C=O) groups is 1. The highest BCUT2D eigenvalue weighted by Crippen LogP contribution is 2.32. The predicted octanol–water partition coefficient (Wildman–Crippen LogP) is -3.49. The van der Waals surface area contributed by atoms with E-state index in [9.17, 15) is 61.0 Å². The Labute approximate surface area is 339 Å². The first-order chi connectivity index (χ1) is 27.8. The van der Waals surface area contributed by atoms with E-state index in [4.69, 9.17) is 34.2 Å². The van der Waals surface area contributed by atoms with E-state index in [-0.39, 0.29) is 6.54 Å². The highest BCUT2D eigenvalue weighted by atomic mass is 16.8. The molecule has 0 spiro atoms. The molecule has 0 bridgehead atoms. The lowest BCUT2D eigenvalue weighted by Crippen LogP contribution is -2.66. The van der Waals surface area contributed by atoms with Crippen LogP contribution in [0.5, 0.6) is 0 Å². The Balaban J connectivity index is 1.53. The highest BCUT2D eigenvalue weighted by molar-refractivity contribution is 5.78. The van der Waals surface area contributed by atoms with Gasteiger partial charge in [0, 0.05) is 0 Å². The number of aliphatic hydroxyl groups excluding tert-OH is 11. The molecule has 14 N–H and O–H groups in total. The molecule has 3 saturated heterocycles. The highest BCUT2D eigenvalue weighted by Gasteiger charge is 2.53. The molecule has 3 rings (SSSR count). The van der Waals surface area contributed by atoms with Gasteiger partial charge in [0.25, 0.3) is 0 Å². The number of ether oxygens (including phenoxy) is 6. The van der Waals surface area contributed by atoms with Gasteiger partial charge < -0.3 is 95.6 Å². The molecule has 3 fully saturated rings. The zero-order valence-electron chi connectivity index (χ0n) is 33.3. The van der Waals surface area contributed by atoms with Crippen LogP contribution in [0, 0.1) is 0 Å². The van der Waals surface area contributed by atoms with Gasteiger partial charge in [-0.1, -0.05) is 83.3 Å². The maximum atomic E-state index is 12.2. The van der Waals surface area contributed by atoms with Crippen molar-refractivity contribution >= 4 is 5.91 Å². The number of carbonyl (C=O) groups excluding carboxylic acids is 1. The van der Waals surface area contributed by atoms with E-state index >= 15 is 0 Å². The third kappa shape index (κ3) is 14.8. The molecule has 20 heteroatoms. The van der Waals surface area contributed by atoms with Gasteiger partial charge >= 0.3 is 0 Å². The van der Waals surface area contributed by atoms with Crippen molar-refractivity contribution in [3.63, 3.8) is 0 Å². The third-order valence-electron chi connectivity index (χ3n) is 10.8. The first-order valence-corrected chi connectivity index (χ1v) is 20.6. The molecular weight excluding hydrogens is 772 g/mol. The summed E-state index contributed by atoms with van der Waals surface area (Å²) in [5.74, 6) is -0.589. The zero-order valence-corrected chi connectivity index (χ0v) is 33.3. The Morgan fingerprint density at radius 3 is 1.59 bits per heavy atom. The lowest BCUT2D eigenvalue weighted by Gasteiger charge is -2.48. The van der Waals surface area contributed by atoms with Gasteiger partial charge in [0.15, 0.2) is 18.9 Å². The monoisotopic (exact) mass is 842 g/mol. The van der Waals surface area contributed by atoms with Crippen molar-refractivity contribution in [3.05, 3.63) is 12.2 Å². The summed E-state index contributed by atoms with van der Waals surface area (Å²) in [6.07, 6.45) is -9.67. The van der Waals surface area contributed by atoms with Crippen molar-refractivity contribution in [2.24, 2.45) is 5.73 Å². The average molecular weight is 843 g/mol. The molecule has 0 aliphatic carbocycles. The molecule has 58 heavy (non-hydrogen) atoms. The number of hydrogen-bond donors (Lipinski definition) is 13. The van der Waals surface area contributed by atoms with Crippen LogP contribution in [0.1, 0.15) is 84.0 Å². The fourth-order valence-electron chi connectivity index (χ4n) is 7.17. The second-order valence-electron chi connectivity index (χ2n) is 15.3. The van der Waals surface area contributed by atoms with E-state index < -0.39 is 137 Å². The van der Waals surface area contributed by atoms with Gasteiger partial charge in [0.1, 0.15) is 73.2 Å². The van der Waals surface area contributed by atoms with Gasteiger partial charge in [-0.2, -0.15) is 0 Å². The minimum atomic E-state index is -1.98. The van der Waals surface area contributed by atoms with Crippen molar-refractivity contribution in [2.45, 2.75) is 188 Å². The lowest BCUT2D eigenvalue weighted by atomic mass is 9.96. The van der Waals surface area contributed by atoms with Crippen LogP contribution >= 0.6 is 0 Å². The molecule has 0 aromatic rings. The van der Waals surface area contributed by atoms with Gasteiger partial charge in [-0.3, -0.25) is 4.79 Å². The molecule has 0 aromatic carbocycles. The van der Waals surface area contributed by atoms with Crippen molar-refractivity contribution in [1.82, 2.24) is 5.32 Å². The van der Waals surface area contributed by atoms with Crippen molar-refractivity contribution < 1.29 is 89.4 Å². The zero-order chi connectivity index (χ0) is 42.8. The van der Waals surface area contributed by atoms with Gasteiger partial charge in [-0.05, 0) is 12.8 Å². The molecule has 0 radical (unpaired) electrons. The SMILES string of the molecule is CCCCCCCCCCCCC/C=C/[C@@H](O)[C@H](CO[C@@H]1O[C@H](CO)[C@@H](O[C@@H]2O[C@H](CO)[C@H](O[C@H]3O[C@H](CO)[C@H](O)[C@H](O)[C@H]3O)[C@H](O)[C@H]2O)[C@H](O)[C@H]1O)NC(=O)CN. The predicted molar refractivity (Wildman–Crippen MR) is 202 cm³/mol. The number of allylic oxidation sites excluding steroid dienone is 1. The Bertz CT molecular complexity index is 1150. The molecule has 0 unspecified atom stereocenters. The summed E-state index contributed by atoms with van der Waals surface area (Å²) in [6.45, 7) is -1.03. The fraction of sp³-hybridized carbons (Fsp3) is 0.921. The second-order valence-corrected chi connectivity index (χ2v) is 15.3. The normalized spacial score (nSPS) is 36.9. The number of aliphatic hydroxyl groups is 11. The molecule has 3 aliphatic rings.